The number of nitrogens with zero attached hydrogens (tertiary/aromatic N) is 2. The van der Waals surface area contributed by atoms with Gasteiger partial charge in [-0.1, -0.05) is 0 Å². The Morgan fingerprint density at radius 3 is 2.63 bits per heavy atom. The third kappa shape index (κ3) is 2.56. The molecule has 0 radical (unpaired) electrons. The van der Waals surface area contributed by atoms with Crippen LogP contribution in [0.1, 0.15) is 13.8 Å². The number of fused-ring (bicyclic) bond motifs is 1. The average Bonchev–Trinajstić information content (AvgIpc) is 2.77. The zero-order chi connectivity index (χ0) is 14.0. The highest BCUT2D eigenvalue weighted by Crippen LogP contribution is 2.27. The van der Waals surface area contributed by atoms with Crippen molar-refractivity contribution in [2.24, 2.45) is 0 Å². The van der Waals surface area contributed by atoms with Gasteiger partial charge in [-0.15, -0.1) is 0 Å². The third-order valence-corrected chi connectivity index (χ3v) is 4.06. The number of methoxy groups -OCH3 is 1. The van der Waals surface area contributed by atoms with E-state index in [9.17, 15) is 4.79 Å². The van der Waals surface area contributed by atoms with Gasteiger partial charge in [-0.3, -0.25) is 4.57 Å². The van der Waals surface area contributed by atoms with Crippen LogP contribution >= 0.6 is 22.6 Å². The molecule has 2 aromatic rings. The number of carbonyl (C=O) groups is 1. The SMILES string of the molecule is CCN(CC)C(=O)n1cc(I)c2cc(OC)ccc21. The molecule has 0 aliphatic rings. The smallest absolute Gasteiger partial charge is 0.328 e. The van der Waals surface area contributed by atoms with Crippen LogP contribution in [0.5, 0.6) is 5.75 Å². The van der Waals surface area contributed by atoms with Gasteiger partial charge in [0, 0.05) is 28.2 Å². The first kappa shape index (κ1) is 14.2. The monoisotopic (exact) mass is 372 g/mol. The molecule has 2 rings (SSSR count). The Morgan fingerprint density at radius 1 is 1.37 bits per heavy atom. The first-order valence-electron chi connectivity index (χ1n) is 6.26. The minimum Gasteiger partial charge on any atom is -0.497 e. The van der Waals surface area contributed by atoms with Crippen molar-refractivity contribution >= 4 is 39.5 Å². The maximum atomic E-state index is 12.4. The predicted octanol–water partition coefficient (Wildman–Crippen LogP) is 3.56. The van der Waals surface area contributed by atoms with E-state index >= 15 is 0 Å². The van der Waals surface area contributed by atoms with Crippen LogP contribution in [-0.4, -0.2) is 35.7 Å². The Morgan fingerprint density at radius 2 is 2.05 bits per heavy atom. The van der Waals surface area contributed by atoms with Gasteiger partial charge < -0.3 is 9.64 Å². The molecule has 1 heterocycles. The highest BCUT2D eigenvalue weighted by Gasteiger charge is 2.16. The van der Waals surface area contributed by atoms with Gasteiger partial charge in [0.2, 0.25) is 0 Å². The summed E-state index contributed by atoms with van der Waals surface area (Å²) in [6.45, 7) is 5.39. The lowest BCUT2D eigenvalue weighted by Crippen LogP contribution is -2.33. The van der Waals surface area contributed by atoms with E-state index in [2.05, 4.69) is 22.6 Å². The largest absolute Gasteiger partial charge is 0.497 e. The lowest BCUT2D eigenvalue weighted by Gasteiger charge is -2.19. The molecule has 1 aromatic carbocycles. The highest BCUT2D eigenvalue weighted by molar-refractivity contribution is 14.1. The maximum absolute atomic E-state index is 12.4. The molecular weight excluding hydrogens is 355 g/mol. The minimum atomic E-state index is 0.0167. The fourth-order valence-electron chi connectivity index (χ4n) is 2.10. The fraction of sp³-hybridized carbons (Fsp3) is 0.357. The van der Waals surface area contributed by atoms with Crippen molar-refractivity contribution in [3.05, 3.63) is 28.0 Å². The van der Waals surface area contributed by atoms with Crippen molar-refractivity contribution in [3.8, 4) is 5.75 Å². The van der Waals surface area contributed by atoms with E-state index in [0.29, 0.717) is 13.1 Å². The average molecular weight is 372 g/mol. The van der Waals surface area contributed by atoms with Gasteiger partial charge in [-0.25, -0.2) is 4.79 Å². The van der Waals surface area contributed by atoms with Crippen LogP contribution in [0.3, 0.4) is 0 Å². The quantitative estimate of drug-likeness (QED) is 0.773. The normalized spacial score (nSPS) is 10.7. The second-order valence-corrected chi connectivity index (χ2v) is 5.35. The summed E-state index contributed by atoms with van der Waals surface area (Å²) in [5.74, 6) is 0.804. The Labute approximate surface area is 126 Å². The van der Waals surface area contributed by atoms with E-state index in [1.54, 1.807) is 16.6 Å². The van der Waals surface area contributed by atoms with Gasteiger partial charge in [0.15, 0.2) is 0 Å². The Hall–Kier alpha value is -1.24. The number of benzene rings is 1. The summed E-state index contributed by atoms with van der Waals surface area (Å²) >= 11 is 2.25. The van der Waals surface area contributed by atoms with Gasteiger partial charge in [0.05, 0.1) is 12.6 Å². The molecule has 1 aromatic heterocycles. The first-order valence-corrected chi connectivity index (χ1v) is 7.34. The Kier molecular flexibility index (Phi) is 4.34. The summed E-state index contributed by atoms with van der Waals surface area (Å²) in [7, 11) is 1.64. The van der Waals surface area contributed by atoms with Crippen molar-refractivity contribution < 1.29 is 9.53 Å². The number of ether oxygens (including phenoxy) is 1. The summed E-state index contributed by atoms with van der Waals surface area (Å²) in [5.41, 5.74) is 0.919. The van der Waals surface area contributed by atoms with E-state index < -0.39 is 0 Å². The zero-order valence-corrected chi connectivity index (χ0v) is 13.5. The maximum Gasteiger partial charge on any atom is 0.328 e. The van der Waals surface area contributed by atoms with Crippen LogP contribution in [0.2, 0.25) is 0 Å². The molecule has 0 spiro atoms. The molecule has 0 bridgehead atoms. The topological polar surface area (TPSA) is 34.5 Å². The van der Waals surface area contributed by atoms with Crippen molar-refractivity contribution in [1.29, 1.82) is 0 Å². The molecule has 0 unspecified atom stereocenters. The molecule has 5 heteroatoms. The van der Waals surface area contributed by atoms with Gasteiger partial charge in [0.25, 0.3) is 0 Å². The number of amides is 1. The van der Waals surface area contributed by atoms with Crippen LogP contribution in [0.25, 0.3) is 10.9 Å². The van der Waals surface area contributed by atoms with Crippen LogP contribution in [0, 0.1) is 3.57 Å². The number of aromatic nitrogens is 1. The number of halogens is 1. The van der Waals surface area contributed by atoms with E-state index in [1.165, 1.54) is 0 Å². The van der Waals surface area contributed by atoms with E-state index in [1.807, 2.05) is 38.2 Å². The van der Waals surface area contributed by atoms with Crippen molar-refractivity contribution in [3.63, 3.8) is 0 Å². The van der Waals surface area contributed by atoms with Gasteiger partial charge in [-0.2, -0.15) is 0 Å². The highest BCUT2D eigenvalue weighted by atomic mass is 127. The number of carbonyl (C=O) groups excluding carboxylic acids is 1. The van der Waals surface area contributed by atoms with Gasteiger partial charge >= 0.3 is 6.03 Å². The first-order chi connectivity index (χ1) is 9.12. The summed E-state index contributed by atoms with van der Waals surface area (Å²) in [4.78, 5) is 14.2. The van der Waals surface area contributed by atoms with Crippen LogP contribution in [0.4, 0.5) is 4.79 Å². The molecule has 0 atom stereocenters. The second kappa shape index (κ2) is 5.81. The molecule has 4 nitrogen and oxygen atoms in total. The third-order valence-electron chi connectivity index (χ3n) is 3.20. The minimum absolute atomic E-state index is 0.0167. The van der Waals surface area contributed by atoms with Crippen LogP contribution in [-0.2, 0) is 0 Å². The van der Waals surface area contributed by atoms with Crippen molar-refractivity contribution in [2.45, 2.75) is 13.8 Å². The predicted molar refractivity (Wildman–Crippen MR) is 84.9 cm³/mol. The van der Waals surface area contributed by atoms with E-state index in [-0.39, 0.29) is 6.03 Å². The summed E-state index contributed by atoms with van der Waals surface area (Å²) < 4.78 is 7.99. The molecule has 0 fully saturated rings. The van der Waals surface area contributed by atoms with Crippen molar-refractivity contribution in [2.75, 3.05) is 20.2 Å². The molecule has 0 aliphatic heterocycles. The lowest BCUT2D eigenvalue weighted by atomic mass is 10.2. The van der Waals surface area contributed by atoms with Crippen molar-refractivity contribution in [1.82, 2.24) is 9.47 Å². The molecule has 1 amide bonds. The summed E-state index contributed by atoms with van der Waals surface area (Å²) in [6, 6.07) is 5.79. The fourth-order valence-corrected chi connectivity index (χ4v) is 2.81. The number of hydrogen-bond acceptors (Lipinski definition) is 2. The van der Waals surface area contributed by atoms with Crippen LogP contribution in [0.15, 0.2) is 24.4 Å². The van der Waals surface area contributed by atoms with Gasteiger partial charge in [-0.05, 0) is 54.6 Å². The standard InChI is InChI=1S/C14H17IN2O2/c1-4-16(5-2)14(18)17-9-12(15)11-8-10(19-3)6-7-13(11)17/h6-9H,4-5H2,1-3H3. The summed E-state index contributed by atoms with van der Waals surface area (Å²) in [5, 5.41) is 1.04. The molecule has 0 saturated carbocycles. The van der Waals surface area contributed by atoms with E-state index in [0.717, 1.165) is 20.2 Å². The molecule has 0 aliphatic carbocycles. The molecule has 0 saturated heterocycles. The molecule has 0 N–H and O–H groups in total. The number of hydrogen-bond donors (Lipinski definition) is 0. The second-order valence-electron chi connectivity index (χ2n) is 4.18. The number of rotatable bonds is 3. The van der Waals surface area contributed by atoms with Gasteiger partial charge in [0.1, 0.15) is 5.75 Å². The zero-order valence-electron chi connectivity index (χ0n) is 11.3. The molecular formula is C14H17IN2O2. The Bertz CT molecular complexity index is 603. The van der Waals surface area contributed by atoms with E-state index in [4.69, 9.17) is 4.74 Å². The molecule has 19 heavy (non-hydrogen) atoms. The molecule has 102 valence electrons. The lowest BCUT2D eigenvalue weighted by molar-refractivity contribution is 0.206. The Balaban J connectivity index is 2.53. The summed E-state index contributed by atoms with van der Waals surface area (Å²) in [6.07, 6.45) is 1.88. The van der Waals surface area contributed by atoms with Crippen LogP contribution < -0.4 is 4.74 Å².